The standard InChI is InChI=1S/C13H20N6O.ClH/c1-8-11(9(2)19(4)16-8)13-15-12(17-20-13)10-7-14-5-6-18(10)3;/h10,14H,5-7H2,1-4H3;1H. The van der Waals surface area contributed by atoms with Gasteiger partial charge in [-0.2, -0.15) is 10.1 Å². The molecule has 1 N–H and O–H groups in total. The van der Waals surface area contributed by atoms with E-state index in [0.717, 1.165) is 42.4 Å². The lowest BCUT2D eigenvalue weighted by molar-refractivity contribution is 0.190. The molecule has 1 saturated heterocycles. The molecule has 8 heteroatoms. The second-order valence-corrected chi connectivity index (χ2v) is 5.33. The Bertz CT molecular complexity index is 622. The first kappa shape index (κ1) is 15.9. The van der Waals surface area contributed by atoms with Crippen molar-refractivity contribution in [1.82, 2.24) is 30.1 Å². The largest absolute Gasteiger partial charge is 0.334 e. The van der Waals surface area contributed by atoms with Crippen molar-refractivity contribution >= 4 is 12.4 Å². The minimum Gasteiger partial charge on any atom is -0.334 e. The Labute approximate surface area is 130 Å². The van der Waals surface area contributed by atoms with Crippen molar-refractivity contribution in [3.63, 3.8) is 0 Å². The van der Waals surface area contributed by atoms with Crippen molar-refractivity contribution in [2.45, 2.75) is 19.9 Å². The first-order valence-electron chi connectivity index (χ1n) is 6.83. The van der Waals surface area contributed by atoms with Crippen LogP contribution in [0.3, 0.4) is 0 Å². The summed E-state index contributed by atoms with van der Waals surface area (Å²) in [7, 11) is 4.00. The molecule has 21 heavy (non-hydrogen) atoms. The first-order valence-corrected chi connectivity index (χ1v) is 6.83. The highest BCUT2D eigenvalue weighted by Gasteiger charge is 2.26. The summed E-state index contributed by atoms with van der Waals surface area (Å²) >= 11 is 0. The lowest BCUT2D eigenvalue weighted by atomic mass is 10.2. The highest BCUT2D eigenvalue weighted by molar-refractivity contribution is 5.85. The summed E-state index contributed by atoms with van der Waals surface area (Å²) in [5.41, 5.74) is 2.89. The third-order valence-electron chi connectivity index (χ3n) is 3.97. The molecule has 0 aliphatic carbocycles. The molecule has 0 amide bonds. The van der Waals surface area contributed by atoms with E-state index in [2.05, 4.69) is 32.5 Å². The van der Waals surface area contributed by atoms with Crippen molar-refractivity contribution in [3.8, 4) is 11.5 Å². The summed E-state index contributed by atoms with van der Waals surface area (Å²) in [6, 6.07) is 0.165. The molecule has 1 atom stereocenters. The molecular formula is C13H21ClN6O. The molecular weight excluding hydrogens is 292 g/mol. The third-order valence-corrected chi connectivity index (χ3v) is 3.97. The Hall–Kier alpha value is -1.44. The summed E-state index contributed by atoms with van der Waals surface area (Å²) in [5.74, 6) is 1.29. The van der Waals surface area contributed by atoms with Gasteiger partial charge in [0.15, 0.2) is 5.82 Å². The van der Waals surface area contributed by atoms with Crippen LogP contribution in [0.25, 0.3) is 11.5 Å². The molecule has 0 spiro atoms. The second kappa shape index (κ2) is 6.13. The van der Waals surface area contributed by atoms with E-state index in [1.807, 2.05) is 25.6 Å². The van der Waals surface area contributed by atoms with Gasteiger partial charge in [0.1, 0.15) is 0 Å². The molecule has 0 radical (unpaired) electrons. The average molecular weight is 313 g/mol. The van der Waals surface area contributed by atoms with E-state index in [1.165, 1.54) is 0 Å². The molecule has 0 aromatic carbocycles. The number of likely N-dealkylation sites (N-methyl/N-ethyl adjacent to an activating group) is 1. The van der Waals surface area contributed by atoms with E-state index in [1.54, 1.807) is 0 Å². The molecule has 116 valence electrons. The van der Waals surface area contributed by atoms with Crippen LogP contribution < -0.4 is 5.32 Å². The van der Waals surface area contributed by atoms with Gasteiger partial charge in [-0.05, 0) is 20.9 Å². The van der Waals surface area contributed by atoms with Crippen LogP contribution in [0.2, 0.25) is 0 Å². The van der Waals surface area contributed by atoms with Gasteiger partial charge in [0.25, 0.3) is 5.89 Å². The number of aryl methyl sites for hydroxylation is 2. The fraction of sp³-hybridized carbons (Fsp3) is 0.615. The number of aromatic nitrogens is 4. The van der Waals surface area contributed by atoms with E-state index in [9.17, 15) is 0 Å². The monoisotopic (exact) mass is 312 g/mol. The highest BCUT2D eigenvalue weighted by atomic mass is 35.5. The van der Waals surface area contributed by atoms with E-state index < -0.39 is 0 Å². The predicted molar refractivity (Wildman–Crippen MR) is 81.5 cm³/mol. The van der Waals surface area contributed by atoms with Crippen molar-refractivity contribution in [3.05, 3.63) is 17.2 Å². The van der Waals surface area contributed by atoms with E-state index >= 15 is 0 Å². The third kappa shape index (κ3) is 2.81. The summed E-state index contributed by atoms with van der Waals surface area (Å²) < 4.78 is 7.29. The number of nitrogens with zero attached hydrogens (tertiary/aromatic N) is 5. The minimum atomic E-state index is 0. The zero-order valence-corrected chi connectivity index (χ0v) is 13.6. The fourth-order valence-corrected chi connectivity index (χ4v) is 2.65. The molecule has 7 nitrogen and oxygen atoms in total. The lowest BCUT2D eigenvalue weighted by Crippen LogP contribution is -2.44. The van der Waals surface area contributed by atoms with Crippen LogP contribution in [0.4, 0.5) is 0 Å². The van der Waals surface area contributed by atoms with Gasteiger partial charge in [-0.3, -0.25) is 9.58 Å². The zero-order valence-electron chi connectivity index (χ0n) is 12.8. The van der Waals surface area contributed by atoms with Gasteiger partial charge < -0.3 is 9.84 Å². The Balaban J connectivity index is 0.00000161. The predicted octanol–water partition coefficient (Wildman–Crippen LogP) is 1.08. The van der Waals surface area contributed by atoms with E-state index in [4.69, 9.17) is 4.52 Å². The molecule has 3 rings (SSSR count). The lowest BCUT2D eigenvalue weighted by Gasteiger charge is -2.30. The van der Waals surface area contributed by atoms with Gasteiger partial charge in [0.05, 0.1) is 17.3 Å². The summed E-state index contributed by atoms with van der Waals surface area (Å²) in [6.07, 6.45) is 0. The van der Waals surface area contributed by atoms with Crippen molar-refractivity contribution < 1.29 is 4.52 Å². The smallest absolute Gasteiger partial charge is 0.261 e. The number of piperazine rings is 1. The maximum atomic E-state index is 5.46. The van der Waals surface area contributed by atoms with Crippen LogP contribution in [0.1, 0.15) is 23.3 Å². The molecule has 2 aromatic heterocycles. The first-order chi connectivity index (χ1) is 9.58. The maximum absolute atomic E-state index is 5.46. The van der Waals surface area contributed by atoms with Crippen LogP contribution in [-0.2, 0) is 7.05 Å². The average Bonchev–Trinajstić information content (AvgIpc) is 2.96. The summed E-state index contributed by atoms with van der Waals surface area (Å²) in [4.78, 5) is 6.82. The normalized spacial score (nSPS) is 19.5. The Morgan fingerprint density at radius 3 is 2.67 bits per heavy atom. The maximum Gasteiger partial charge on any atom is 0.261 e. The molecule has 0 bridgehead atoms. The molecule has 1 aliphatic heterocycles. The van der Waals surface area contributed by atoms with Gasteiger partial charge in [-0.1, -0.05) is 5.16 Å². The number of nitrogens with one attached hydrogen (secondary N) is 1. The van der Waals surface area contributed by atoms with Gasteiger partial charge >= 0.3 is 0 Å². The number of hydrogen-bond acceptors (Lipinski definition) is 6. The van der Waals surface area contributed by atoms with Crippen molar-refractivity contribution in [2.24, 2.45) is 7.05 Å². The Morgan fingerprint density at radius 1 is 1.29 bits per heavy atom. The molecule has 1 unspecified atom stereocenters. The molecule has 2 aromatic rings. The molecule has 0 saturated carbocycles. The van der Waals surface area contributed by atoms with Gasteiger partial charge in [0.2, 0.25) is 0 Å². The summed E-state index contributed by atoms with van der Waals surface area (Å²) in [6.45, 7) is 6.80. The Kier molecular flexibility index (Phi) is 4.65. The quantitative estimate of drug-likeness (QED) is 0.895. The van der Waals surface area contributed by atoms with E-state index in [0.29, 0.717) is 5.89 Å². The molecule has 1 fully saturated rings. The zero-order chi connectivity index (χ0) is 14.3. The van der Waals surface area contributed by atoms with Crippen LogP contribution in [-0.4, -0.2) is 51.5 Å². The topological polar surface area (TPSA) is 72.0 Å². The SMILES string of the molecule is Cc1nn(C)c(C)c1-c1nc(C2CNCCN2C)no1.Cl. The van der Waals surface area contributed by atoms with Gasteiger partial charge in [-0.25, -0.2) is 0 Å². The number of hydrogen-bond donors (Lipinski definition) is 1. The minimum absolute atomic E-state index is 0. The summed E-state index contributed by atoms with van der Waals surface area (Å²) in [5, 5.41) is 11.9. The van der Waals surface area contributed by atoms with Crippen molar-refractivity contribution in [2.75, 3.05) is 26.7 Å². The van der Waals surface area contributed by atoms with Crippen LogP contribution in [0.15, 0.2) is 4.52 Å². The molecule has 1 aliphatic rings. The highest BCUT2D eigenvalue weighted by Crippen LogP contribution is 2.27. The van der Waals surface area contributed by atoms with Gasteiger partial charge in [0, 0.05) is 32.4 Å². The van der Waals surface area contributed by atoms with E-state index in [-0.39, 0.29) is 18.4 Å². The fourth-order valence-electron chi connectivity index (χ4n) is 2.65. The van der Waals surface area contributed by atoms with Crippen molar-refractivity contribution in [1.29, 1.82) is 0 Å². The van der Waals surface area contributed by atoms with Gasteiger partial charge in [-0.15, -0.1) is 12.4 Å². The second-order valence-electron chi connectivity index (χ2n) is 5.33. The Morgan fingerprint density at radius 2 is 2.05 bits per heavy atom. The van der Waals surface area contributed by atoms with Crippen LogP contribution in [0.5, 0.6) is 0 Å². The van der Waals surface area contributed by atoms with Crippen LogP contribution in [0, 0.1) is 13.8 Å². The molecule has 3 heterocycles. The van der Waals surface area contributed by atoms with Crippen LogP contribution >= 0.6 is 12.4 Å². The number of rotatable bonds is 2. The number of halogens is 1.